The molecule has 2 fully saturated rings. The minimum absolute atomic E-state index is 0.0735. The molecule has 2 aliphatic rings. The van der Waals surface area contributed by atoms with E-state index in [-0.39, 0.29) is 17.8 Å². The van der Waals surface area contributed by atoms with Crippen molar-refractivity contribution in [2.24, 2.45) is 0 Å². The highest BCUT2D eigenvalue weighted by Gasteiger charge is 2.34. The number of nitrogens with one attached hydrogen (secondary N) is 1. The van der Waals surface area contributed by atoms with Gasteiger partial charge in [0.05, 0.1) is 18.8 Å². The van der Waals surface area contributed by atoms with Crippen molar-refractivity contribution in [2.75, 3.05) is 19.8 Å². The molecule has 0 radical (unpaired) electrons. The molecule has 1 aromatic carbocycles. The van der Waals surface area contributed by atoms with E-state index in [1.54, 1.807) is 11.3 Å². The highest BCUT2D eigenvalue weighted by Crippen LogP contribution is 2.31. The molecule has 1 N–H and O–H groups in total. The second-order valence-corrected chi connectivity index (χ2v) is 11.1. The van der Waals surface area contributed by atoms with Gasteiger partial charge >= 0.3 is 0 Å². The van der Waals surface area contributed by atoms with Crippen LogP contribution in [-0.2, 0) is 22.6 Å². The summed E-state index contributed by atoms with van der Waals surface area (Å²) in [5, 5.41) is 16.0. The van der Waals surface area contributed by atoms with Crippen LogP contribution in [0.15, 0.2) is 46.6 Å². The lowest BCUT2D eigenvalue weighted by Crippen LogP contribution is -2.39. The quantitative estimate of drug-likeness (QED) is 0.358. The Balaban J connectivity index is 1.47. The number of rotatable bonds is 9. The number of fused-ring (bicyclic) bond motifs is 1. The predicted octanol–water partition coefficient (Wildman–Crippen LogP) is 3.83. The molecule has 0 saturated carbocycles. The van der Waals surface area contributed by atoms with E-state index in [0.29, 0.717) is 31.0 Å². The lowest BCUT2D eigenvalue weighted by Gasteiger charge is -2.32. The van der Waals surface area contributed by atoms with Crippen LogP contribution in [-0.4, -0.2) is 62.1 Å². The lowest BCUT2D eigenvalue weighted by molar-refractivity contribution is 0.0559. The van der Waals surface area contributed by atoms with Gasteiger partial charge in [-0.15, -0.1) is 16.4 Å². The summed E-state index contributed by atoms with van der Waals surface area (Å²) in [5.74, 6) is 0.655. The molecule has 0 bridgehead atoms. The van der Waals surface area contributed by atoms with E-state index in [1.807, 2.05) is 22.9 Å². The van der Waals surface area contributed by atoms with Crippen molar-refractivity contribution in [2.45, 2.75) is 63.9 Å². The Kier molecular flexibility index (Phi) is 7.14. The molecule has 0 aliphatic carbocycles. The molecule has 5 heterocycles. The van der Waals surface area contributed by atoms with E-state index in [1.165, 1.54) is 4.88 Å². The topological polar surface area (TPSA) is 98.2 Å². The molecule has 0 spiro atoms. The number of aromatic amines is 1. The summed E-state index contributed by atoms with van der Waals surface area (Å²) in [6.45, 7) is 5.51. The van der Waals surface area contributed by atoms with E-state index in [0.717, 1.165) is 55.4 Å². The van der Waals surface area contributed by atoms with Crippen molar-refractivity contribution in [3.05, 3.63) is 74.0 Å². The molecule has 6 rings (SSSR count). The van der Waals surface area contributed by atoms with Crippen LogP contribution in [0.3, 0.4) is 0 Å². The molecule has 3 aromatic heterocycles. The van der Waals surface area contributed by atoms with Crippen molar-refractivity contribution < 1.29 is 9.47 Å². The molecule has 3 unspecified atom stereocenters. The zero-order chi connectivity index (χ0) is 25.2. The van der Waals surface area contributed by atoms with Crippen LogP contribution < -0.4 is 5.56 Å². The first-order chi connectivity index (χ1) is 18.1. The minimum Gasteiger partial charge on any atom is -0.377 e. The number of hydrogen-bond donors (Lipinski definition) is 1. The first kappa shape index (κ1) is 24.4. The van der Waals surface area contributed by atoms with Crippen LogP contribution >= 0.6 is 11.3 Å². The Hall–Kier alpha value is -2.92. The molecule has 37 heavy (non-hydrogen) atoms. The number of tetrazole rings is 1. The van der Waals surface area contributed by atoms with Crippen LogP contribution in [0, 0.1) is 6.92 Å². The van der Waals surface area contributed by atoms with Crippen LogP contribution in [0.4, 0.5) is 0 Å². The number of H-pyrrole nitrogens is 1. The van der Waals surface area contributed by atoms with Crippen molar-refractivity contribution in [3.8, 4) is 0 Å². The second kappa shape index (κ2) is 10.8. The minimum atomic E-state index is -0.448. The first-order valence-corrected chi connectivity index (χ1v) is 13.9. The van der Waals surface area contributed by atoms with Crippen molar-refractivity contribution in [3.63, 3.8) is 0 Å². The zero-order valence-electron chi connectivity index (χ0n) is 21.0. The summed E-state index contributed by atoms with van der Waals surface area (Å²) in [6, 6.07) is 11.8. The van der Waals surface area contributed by atoms with Gasteiger partial charge in [-0.05, 0) is 78.1 Å². The number of pyridine rings is 1. The standard InChI is InChI=1S/C27H32N6O3S/c1-18-8-9-24-19(13-18)14-23(27(34)28-24)25(26-29-30-31-33(26)16-21-6-3-11-36-21)32(15-20-5-2-10-35-20)17-22-7-4-12-37-22/h4,7-9,12-14,20-21,25H,2-3,5-6,10-11,15-17H2,1H3,(H,28,34). The summed E-state index contributed by atoms with van der Waals surface area (Å²) >= 11 is 1.71. The third-order valence-electron chi connectivity index (χ3n) is 7.29. The van der Waals surface area contributed by atoms with Crippen LogP contribution in [0.25, 0.3) is 10.9 Å². The van der Waals surface area contributed by atoms with Gasteiger partial charge in [0.2, 0.25) is 0 Å². The highest BCUT2D eigenvalue weighted by molar-refractivity contribution is 7.09. The summed E-state index contributed by atoms with van der Waals surface area (Å²) in [5.41, 5.74) is 2.47. The Morgan fingerprint density at radius 1 is 1.16 bits per heavy atom. The van der Waals surface area contributed by atoms with Gasteiger partial charge in [0.15, 0.2) is 5.82 Å². The van der Waals surface area contributed by atoms with Gasteiger partial charge < -0.3 is 14.5 Å². The summed E-state index contributed by atoms with van der Waals surface area (Å²) < 4.78 is 13.8. The van der Waals surface area contributed by atoms with E-state index in [2.05, 4.69) is 55.9 Å². The summed E-state index contributed by atoms with van der Waals surface area (Å²) in [4.78, 5) is 20.3. The predicted molar refractivity (Wildman–Crippen MR) is 142 cm³/mol. The van der Waals surface area contributed by atoms with Crippen LogP contribution in [0.5, 0.6) is 0 Å². The number of ether oxygens (including phenoxy) is 2. The third-order valence-corrected chi connectivity index (χ3v) is 8.16. The van der Waals surface area contributed by atoms with Crippen molar-refractivity contribution in [1.82, 2.24) is 30.1 Å². The van der Waals surface area contributed by atoms with Crippen molar-refractivity contribution >= 4 is 22.2 Å². The van der Waals surface area contributed by atoms with E-state index in [9.17, 15) is 4.79 Å². The maximum Gasteiger partial charge on any atom is 0.253 e. The number of nitrogens with zero attached hydrogens (tertiary/aromatic N) is 5. The van der Waals surface area contributed by atoms with E-state index in [4.69, 9.17) is 9.47 Å². The van der Waals surface area contributed by atoms with Crippen LogP contribution in [0.2, 0.25) is 0 Å². The lowest BCUT2D eigenvalue weighted by atomic mass is 10.0. The maximum atomic E-state index is 13.6. The molecular weight excluding hydrogens is 488 g/mol. The molecule has 2 saturated heterocycles. The average Bonchev–Trinajstić information content (AvgIpc) is 3.70. The maximum absolute atomic E-state index is 13.6. The highest BCUT2D eigenvalue weighted by atomic mass is 32.1. The Morgan fingerprint density at radius 3 is 2.76 bits per heavy atom. The number of benzene rings is 1. The third kappa shape index (κ3) is 5.38. The molecule has 2 aliphatic heterocycles. The smallest absolute Gasteiger partial charge is 0.253 e. The summed E-state index contributed by atoms with van der Waals surface area (Å²) in [6.07, 6.45) is 4.25. The molecule has 194 valence electrons. The van der Waals surface area contributed by atoms with Gasteiger partial charge in [0, 0.05) is 42.3 Å². The molecule has 0 amide bonds. The Labute approximate surface area is 219 Å². The summed E-state index contributed by atoms with van der Waals surface area (Å²) in [7, 11) is 0. The molecule has 10 heteroatoms. The van der Waals surface area contributed by atoms with E-state index >= 15 is 0 Å². The van der Waals surface area contributed by atoms with Gasteiger partial charge in [-0.25, -0.2) is 4.68 Å². The largest absolute Gasteiger partial charge is 0.377 e. The van der Waals surface area contributed by atoms with Gasteiger partial charge in [-0.3, -0.25) is 9.69 Å². The molecule has 3 atom stereocenters. The number of hydrogen-bond acceptors (Lipinski definition) is 8. The second-order valence-electron chi connectivity index (χ2n) is 10.0. The average molecular weight is 521 g/mol. The normalized spacial score (nSPS) is 20.8. The van der Waals surface area contributed by atoms with Crippen LogP contribution in [0.1, 0.15) is 53.6 Å². The number of aromatic nitrogens is 5. The molecule has 9 nitrogen and oxygen atoms in total. The fourth-order valence-corrected chi connectivity index (χ4v) is 6.21. The fraction of sp³-hybridized carbons (Fsp3) is 0.481. The molecule has 4 aromatic rings. The zero-order valence-corrected chi connectivity index (χ0v) is 21.8. The Morgan fingerprint density at radius 2 is 2.00 bits per heavy atom. The van der Waals surface area contributed by atoms with Gasteiger partial charge in [-0.1, -0.05) is 17.7 Å². The number of thiophene rings is 1. The van der Waals surface area contributed by atoms with E-state index < -0.39 is 6.04 Å². The monoisotopic (exact) mass is 520 g/mol. The van der Waals surface area contributed by atoms with Gasteiger partial charge in [-0.2, -0.15) is 0 Å². The van der Waals surface area contributed by atoms with Gasteiger partial charge in [0.1, 0.15) is 6.04 Å². The number of aryl methyl sites for hydroxylation is 1. The SMILES string of the molecule is Cc1ccc2[nH]c(=O)c(C(c3nnnn3CC3CCCO3)N(Cc3cccs3)CC3CCCO3)cc2c1. The van der Waals surface area contributed by atoms with Crippen molar-refractivity contribution in [1.29, 1.82) is 0 Å². The first-order valence-electron chi connectivity index (χ1n) is 13.0. The van der Waals surface area contributed by atoms with Gasteiger partial charge in [0.25, 0.3) is 5.56 Å². The molecular formula is C27H32N6O3S. The fourth-order valence-electron chi connectivity index (χ4n) is 5.48. The Bertz CT molecular complexity index is 1390.